The summed E-state index contributed by atoms with van der Waals surface area (Å²) in [5.41, 5.74) is 6.25. The molecule has 0 aliphatic carbocycles. The fourth-order valence-electron chi connectivity index (χ4n) is 1.74. The molecule has 2 aromatic rings. The van der Waals surface area contributed by atoms with Gasteiger partial charge in [-0.05, 0) is 36.6 Å². The molecule has 1 heterocycles. The van der Waals surface area contributed by atoms with Gasteiger partial charge in [0.25, 0.3) is 6.43 Å². The van der Waals surface area contributed by atoms with E-state index in [9.17, 15) is 8.78 Å². The number of benzene rings is 1. The topological polar surface area (TPSA) is 38.0 Å². The van der Waals surface area contributed by atoms with Gasteiger partial charge in [-0.3, -0.25) is 0 Å². The van der Waals surface area contributed by atoms with Crippen molar-refractivity contribution >= 4 is 22.7 Å². The highest BCUT2D eigenvalue weighted by Gasteiger charge is 2.15. The maximum Gasteiger partial charge on any atom is 0.265 e. The van der Waals surface area contributed by atoms with Crippen molar-refractivity contribution in [2.45, 2.75) is 19.4 Å². The summed E-state index contributed by atoms with van der Waals surface area (Å²) in [6.45, 7) is 1.94. The van der Waals surface area contributed by atoms with Crippen molar-refractivity contribution in [3.05, 3.63) is 46.2 Å². The van der Waals surface area contributed by atoms with Crippen LogP contribution in [0.1, 0.15) is 29.8 Å². The molecule has 0 fully saturated rings. The second-order valence-corrected chi connectivity index (χ2v) is 5.01. The van der Waals surface area contributed by atoms with Crippen LogP contribution in [0.3, 0.4) is 0 Å². The minimum atomic E-state index is -2.54. The zero-order chi connectivity index (χ0) is 13.1. The monoisotopic (exact) mass is 268 g/mol. The Morgan fingerprint density at radius 2 is 2.06 bits per heavy atom. The van der Waals surface area contributed by atoms with Crippen LogP contribution in [0.5, 0.6) is 0 Å². The second kappa shape index (κ2) is 5.35. The minimum Gasteiger partial charge on any atom is -0.399 e. The zero-order valence-corrected chi connectivity index (χ0v) is 10.7. The lowest BCUT2D eigenvalue weighted by Crippen LogP contribution is -2.07. The highest BCUT2D eigenvalue weighted by atomic mass is 32.1. The Morgan fingerprint density at radius 1 is 1.28 bits per heavy atom. The molecule has 1 atom stereocenters. The zero-order valence-electron chi connectivity index (χ0n) is 9.86. The quantitative estimate of drug-likeness (QED) is 0.804. The van der Waals surface area contributed by atoms with E-state index in [1.54, 1.807) is 23.5 Å². The van der Waals surface area contributed by atoms with Crippen LogP contribution in [-0.2, 0) is 0 Å². The van der Waals surface area contributed by atoms with Crippen molar-refractivity contribution < 1.29 is 8.78 Å². The summed E-state index contributed by atoms with van der Waals surface area (Å²) >= 11 is 1.59. The molecule has 18 heavy (non-hydrogen) atoms. The number of halogens is 2. The third kappa shape index (κ3) is 2.79. The normalized spacial score (nSPS) is 12.7. The summed E-state index contributed by atoms with van der Waals surface area (Å²) in [4.78, 5) is 1.10. The molecule has 5 heteroatoms. The van der Waals surface area contributed by atoms with Crippen LogP contribution in [0.15, 0.2) is 35.7 Å². The van der Waals surface area contributed by atoms with E-state index in [1.165, 1.54) is 6.07 Å². The Balaban J connectivity index is 2.23. The molecule has 0 radical (unpaired) electrons. The predicted molar refractivity (Wildman–Crippen MR) is 72.2 cm³/mol. The molecule has 96 valence electrons. The smallest absolute Gasteiger partial charge is 0.265 e. The first-order valence-electron chi connectivity index (χ1n) is 5.55. The molecule has 2 nitrogen and oxygen atoms in total. The van der Waals surface area contributed by atoms with Gasteiger partial charge in [0.2, 0.25) is 0 Å². The van der Waals surface area contributed by atoms with Gasteiger partial charge in [-0.2, -0.15) is 0 Å². The molecule has 1 aromatic carbocycles. The summed E-state index contributed by atoms with van der Waals surface area (Å²) in [6.07, 6.45) is -2.54. The average Bonchev–Trinajstić information content (AvgIpc) is 2.84. The molecule has 0 saturated heterocycles. The van der Waals surface area contributed by atoms with Gasteiger partial charge in [0.05, 0.1) is 6.04 Å². The number of hydrogen-bond donors (Lipinski definition) is 2. The highest BCUT2D eigenvalue weighted by Crippen LogP contribution is 2.32. The van der Waals surface area contributed by atoms with Gasteiger partial charge in [0.15, 0.2) is 0 Å². The third-order valence-electron chi connectivity index (χ3n) is 2.65. The molecule has 1 aromatic heterocycles. The Bertz CT molecular complexity index is 512. The van der Waals surface area contributed by atoms with E-state index in [1.807, 2.05) is 24.4 Å². The van der Waals surface area contributed by atoms with Crippen LogP contribution in [0.25, 0.3) is 0 Å². The van der Waals surface area contributed by atoms with E-state index in [-0.39, 0.29) is 11.6 Å². The van der Waals surface area contributed by atoms with Crippen molar-refractivity contribution in [3.8, 4) is 0 Å². The highest BCUT2D eigenvalue weighted by molar-refractivity contribution is 7.10. The van der Waals surface area contributed by atoms with E-state index in [0.29, 0.717) is 11.4 Å². The van der Waals surface area contributed by atoms with E-state index in [4.69, 9.17) is 5.73 Å². The van der Waals surface area contributed by atoms with Gasteiger partial charge in [-0.15, -0.1) is 11.3 Å². The predicted octanol–water partition coefficient (Wildman–Crippen LogP) is 4.44. The van der Waals surface area contributed by atoms with Gasteiger partial charge < -0.3 is 11.1 Å². The van der Waals surface area contributed by atoms with E-state index >= 15 is 0 Å². The van der Waals surface area contributed by atoms with Gasteiger partial charge >= 0.3 is 0 Å². The fourth-order valence-corrected chi connectivity index (χ4v) is 2.47. The molecule has 2 rings (SSSR count). The number of rotatable bonds is 4. The van der Waals surface area contributed by atoms with E-state index in [2.05, 4.69) is 5.32 Å². The first-order chi connectivity index (χ1) is 8.58. The Kier molecular flexibility index (Phi) is 3.81. The number of hydrogen-bond acceptors (Lipinski definition) is 3. The van der Waals surface area contributed by atoms with Crippen LogP contribution in [0, 0.1) is 0 Å². The van der Waals surface area contributed by atoms with Gasteiger partial charge in [0, 0.05) is 21.8 Å². The molecular formula is C13H14F2N2S. The molecule has 0 spiro atoms. The van der Waals surface area contributed by atoms with Crippen molar-refractivity contribution in [2.24, 2.45) is 0 Å². The summed E-state index contributed by atoms with van der Waals surface area (Å²) in [5.74, 6) is 0. The Hall–Kier alpha value is -1.62. The Morgan fingerprint density at radius 3 is 2.67 bits per heavy atom. The SMILES string of the molecule is CC(Nc1ccc(N)cc1C(F)F)c1cccs1. The van der Waals surface area contributed by atoms with Gasteiger partial charge in [0.1, 0.15) is 0 Å². The minimum absolute atomic E-state index is 0.00822. The van der Waals surface area contributed by atoms with Crippen LogP contribution in [0.2, 0.25) is 0 Å². The van der Waals surface area contributed by atoms with Gasteiger partial charge in [-0.1, -0.05) is 6.07 Å². The lowest BCUT2D eigenvalue weighted by atomic mass is 10.1. The number of nitrogen functional groups attached to an aromatic ring is 1. The molecule has 0 aliphatic heterocycles. The van der Waals surface area contributed by atoms with Crippen LogP contribution in [0.4, 0.5) is 20.2 Å². The molecular weight excluding hydrogens is 254 g/mol. The fraction of sp³-hybridized carbons (Fsp3) is 0.231. The van der Waals surface area contributed by atoms with Crippen molar-refractivity contribution in [1.29, 1.82) is 0 Å². The molecule has 0 aliphatic rings. The largest absolute Gasteiger partial charge is 0.399 e. The maximum atomic E-state index is 12.9. The first kappa shape index (κ1) is 12.8. The van der Waals surface area contributed by atoms with Crippen LogP contribution >= 0.6 is 11.3 Å². The first-order valence-corrected chi connectivity index (χ1v) is 6.43. The van der Waals surface area contributed by atoms with E-state index in [0.717, 1.165) is 4.88 Å². The standard InChI is InChI=1S/C13H14F2N2S/c1-8(12-3-2-6-18-12)17-11-5-4-9(16)7-10(11)13(14)15/h2-8,13,17H,16H2,1H3. The van der Waals surface area contributed by atoms with Crippen molar-refractivity contribution in [3.63, 3.8) is 0 Å². The van der Waals surface area contributed by atoms with Gasteiger partial charge in [-0.25, -0.2) is 8.78 Å². The summed E-state index contributed by atoms with van der Waals surface area (Å²) < 4.78 is 25.8. The van der Waals surface area contributed by atoms with Crippen LogP contribution in [-0.4, -0.2) is 0 Å². The molecule has 3 N–H and O–H groups in total. The average molecular weight is 268 g/mol. The lowest BCUT2D eigenvalue weighted by Gasteiger charge is -2.17. The number of nitrogens with two attached hydrogens (primary N) is 1. The lowest BCUT2D eigenvalue weighted by molar-refractivity contribution is 0.152. The molecule has 0 bridgehead atoms. The van der Waals surface area contributed by atoms with Crippen LogP contribution < -0.4 is 11.1 Å². The molecule has 0 amide bonds. The summed E-state index contributed by atoms with van der Waals surface area (Å²) in [7, 11) is 0. The van der Waals surface area contributed by atoms with Crippen molar-refractivity contribution in [1.82, 2.24) is 0 Å². The third-order valence-corrected chi connectivity index (χ3v) is 3.71. The Labute approximate surface area is 108 Å². The maximum absolute atomic E-state index is 12.9. The molecule has 1 unspecified atom stereocenters. The summed E-state index contributed by atoms with van der Waals surface area (Å²) in [6, 6.07) is 8.44. The summed E-state index contributed by atoms with van der Waals surface area (Å²) in [5, 5.41) is 5.06. The molecule has 0 saturated carbocycles. The van der Waals surface area contributed by atoms with Crippen molar-refractivity contribution in [2.75, 3.05) is 11.1 Å². The number of nitrogens with one attached hydrogen (secondary N) is 1. The number of alkyl halides is 2. The second-order valence-electron chi connectivity index (χ2n) is 4.03. The van der Waals surface area contributed by atoms with E-state index < -0.39 is 6.43 Å². The number of anilines is 2. The number of thiophene rings is 1.